The van der Waals surface area contributed by atoms with Crippen LogP contribution in [0.4, 0.5) is 11.4 Å². The number of halogens is 1. The van der Waals surface area contributed by atoms with Gasteiger partial charge in [-0.3, -0.25) is 9.59 Å². The lowest BCUT2D eigenvalue weighted by Gasteiger charge is -2.18. The smallest absolute Gasteiger partial charge is 0.242 e. The Kier molecular flexibility index (Phi) is 8.54. The molecule has 2 N–H and O–H groups in total. The average Bonchev–Trinajstić information content (AvgIpc) is 3.46. The zero-order chi connectivity index (χ0) is 29.6. The van der Waals surface area contributed by atoms with Crippen LogP contribution in [0.15, 0.2) is 137 Å². The number of carbonyl (C=O) groups excluding carboxylic acids is 2. The molecule has 0 bridgehead atoms. The van der Waals surface area contributed by atoms with Gasteiger partial charge in [0.25, 0.3) is 0 Å². The maximum Gasteiger partial charge on any atom is 0.242 e. The Balaban J connectivity index is 1.15. The monoisotopic (exact) mass is 603 g/mol. The molecule has 0 spiro atoms. The first-order chi connectivity index (χ1) is 21.0. The summed E-state index contributed by atoms with van der Waals surface area (Å²) >= 11 is 7.37. The van der Waals surface area contributed by atoms with Crippen molar-refractivity contribution in [3.8, 4) is 11.5 Å². The molecule has 6 aromatic rings. The van der Waals surface area contributed by atoms with Crippen LogP contribution in [0.5, 0.6) is 0 Å². The summed E-state index contributed by atoms with van der Waals surface area (Å²) in [4.78, 5) is 31.7. The van der Waals surface area contributed by atoms with E-state index >= 15 is 0 Å². The molecule has 0 fully saturated rings. The number of aromatic nitrogens is 1. The van der Waals surface area contributed by atoms with Crippen molar-refractivity contribution in [1.29, 1.82) is 0 Å². The second kappa shape index (κ2) is 13.0. The molecular weight excluding hydrogens is 578 g/mol. The Bertz CT molecular complexity index is 1840. The SMILES string of the molecule is O=C(Cc1ccc(Cl)cc1)Nc1cccc(SC(C(=O)Nc2ccc(-c3nc4ccccc4o3)cc2)c2ccccc2)c1. The quantitative estimate of drug-likeness (QED) is 0.161. The third kappa shape index (κ3) is 7.15. The van der Waals surface area contributed by atoms with Crippen LogP contribution >= 0.6 is 23.4 Å². The first-order valence-corrected chi connectivity index (χ1v) is 14.9. The summed E-state index contributed by atoms with van der Waals surface area (Å²) in [6, 6.07) is 39.4. The molecule has 6 rings (SSSR count). The molecule has 43 heavy (non-hydrogen) atoms. The normalized spacial score (nSPS) is 11.7. The number of hydrogen-bond donors (Lipinski definition) is 2. The highest BCUT2D eigenvalue weighted by atomic mass is 35.5. The van der Waals surface area contributed by atoms with E-state index in [4.69, 9.17) is 16.0 Å². The summed E-state index contributed by atoms with van der Waals surface area (Å²) in [5.41, 5.74) is 5.39. The van der Waals surface area contributed by atoms with Crippen molar-refractivity contribution in [2.75, 3.05) is 10.6 Å². The zero-order valence-electron chi connectivity index (χ0n) is 22.9. The summed E-state index contributed by atoms with van der Waals surface area (Å²) < 4.78 is 5.87. The second-order valence-electron chi connectivity index (χ2n) is 9.84. The summed E-state index contributed by atoms with van der Waals surface area (Å²) in [7, 11) is 0. The van der Waals surface area contributed by atoms with Crippen LogP contribution in [0.2, 0.25) is 5.02 Å². The van der Waals surface area contributed by atoms with Crippen molar-refractivity contribution < 1.29 is 14.0 Å². The van der Waals surface area contributed by atoms with E-state index in [0.717, 1.165) is 32.7 Å². The number of hydrogen-bond acceptors (Lipinski definition) is 5. The highest BCUT2D eigenvalue weighted by Gasteiger charge is 2.23. The average molecular weight is 604 g/mol. The number of rotatable bonds is 9. The van der Waals surface area contributed by atoms with Crippen molar-refractivity contribution in [3.05, 3.63) is 144 Å². The first kappa shape index (κ1) is 28.3. The topological polar surface area (TPSA) is 84.2 Å². The van der Waals surface area contributed by atoms with Gasteiger partial charge in [-0.25, -0.2) is 4.98 Å². The van der Waals surface area contributed by atoms with Crippen molar-refractivity contribution in [2.45, 2.75) is 16.6 Å². The molecule has 1 atom stereocenters. The van der Waals surface area contributed by atoms with Gasteiger partial charge in [0.2, 0.25) is 17.7 Å². The molecule has 0 aliphatic rings. The molecule has 1 unspecified atom stereocenters. The zero-order valence-corrected chi connectivity index (χ0v) is 24.4. The van der Waals surface area contributed by atoms with Crippen LogP contribution in [0.1, 0.15) is 16.4 Å². The van der Waals surface area contributed by atoms with Gasteiger partial charge in [-0.05, 0) is 77.9 Å². The van der Waals surface area contributed by atoms with E-state index in [1.807, 2.05) is 115 Å². The molecule has 0 saturated heterocycles. The number of fused-ring (bicyclic) bond motifs is 1. The molecule has 0 radical (unpaired) electrons. The van der Waals surface area contributed by atoms with Gasteiger partial charge in [0.1, 0.15) is 10.8 Å². The molecule has 6 nitrogen and oxygen atoms in total. The maximum absolute atomic E-state index is 13.6. The third-order valence-electron chi connectivity index (χ3n) is 6.68. The van der Waals surface area contributed by atoms with Crippen LogP contribution in [0.25, 0.3) is 22.6 Å². The molecule has 0 aliphatic heterocycles. The minimum atomic E-state index is -0.530. The van der Waals surface area contributed by atoms with E-state index in [-0.39, 0.29) is 18.2 Å². The van der Waals surface area contributed by atoms with Gasteiger partial charge in [-0.1, -0.05) is 72.3 Å². The van der Waals surface area contributed by atoms with E-state index in [2.05, 4.69) is 15.6 Å². The predicted molar refractivity (Wildman–Crippen MR) is 173 cm³/mol. The molecule has 1 aromatic heterocycles. The standard InChI is InChI=1S/C35H26ClN3O3S/c36-26-17-13-23(14-18-26)21-32(40)37-28-9-6-10-29(22-28)43-33(24-7-2-1-3-8-24)34(41)38-27-19-15-25(16-20-27)35-39-30-11-4-5-12-31(30)42-35/h1-20,22,33H,21H2,(H,37,40)(H,38,41). The van der Waals surface area contributed by atoms with Gasteiger partial charge in [-0.2, -0.15) is 0 Å². The number of benzene rings is 5. The van der Waals surface area contributed by atoms with E-state index in [0.29, 0.717) is 22.3 Å². The number of amides is 2. The van der Waals surface area contributed by atoms with Crippen molar-refractivity contribution in [1.82, 2.24) is 4.98 Å². The second-order valence-corrected chi connectivity index (χ2v) is 11.5. The molecule has 0 saturated carbocycles. The first-order valence-electron chi connectivity index (χ1n) is 13.6. The van der Waals surface area contributed by atoms with Gasteiger partial charge in [0.05, 0.1) is 6.42 Å². The fourth-order valence-corrected chi connectivity index (χ4v) is 5.79. The number of nitrogens with one attached hydrogen (secondary N) is 2. The van der Waals surface area contributed by atoms with Crippen LogP contribution in [0, 0.1) is 0 Å². The maximum atomic E-state index is 13.6. The van der Waals surface area contributed by atoms with Crippen LogP contribution in [0.3, 0.4) is 0 Å². The molecule has 212 valence electrons. The van der Waals surface area contributed by atoms with Crippen molar-refractivity contribution in [3.63, 3.8) is 0 Å². The minimum absolute atomic E-state index is 0.136. The fraction of sp³-hybridized carbons (Fsp3) is 0.0571. The van der Waals surface area contributed by atoms with Crippen LogP contribution in [-0.4, -0.2) is 16.8 Å². The highest BCUT2D eigenvalue weighted by Crippen LogP contribution is 2.37. The van der Waals surface area contributed by atoms with E-state index in [1.165, 1.54) is 11.8 Å². The Labute approximate surface area is 258 Å². The van der Waals surface area contributed by atoms with Crippen molar-refractivity contribution >= 4 is 57.7 Å². The number of oxazole rings is 1. The van der Waals surface area contributed by atoms with Gasteiger partial charge in [0, 0.05) is 26.9 Å². The predicted octanol–water partition coefficient (Wildman–Crippen LogP) is 8.80. The van der Waals surface area contributed by atoms with Gasteiger partial charge < -0.3 is 15.1 Å². The van der Waals surface area contributed by atoms with E-state index in [9.17, 15) is 9.59 Å². The lowest BCUT2D eigenvalue weighted by Crippen LogP contribution is -2.19. The lowest BCUT2D eigenvalue weighted by molar-refractivity contribution is -0.116. The fourth-order valence-electron chi connectivity index (χ4n) is 4.58. The minimum Gasteiger partial charge on any atom is -0.436 e. The summed E-state index contributed by atoms with van der Waals surface area (Å²) in [5, 5.41) is 6.11. The van der Waals surface area contributed by atoms with Gasteiger partial charge in [-0.15, -0.1) is 11.8 Å². The van der Waals surface area contributed by atoms with Crippen molar-refractivity contribution in [2.24, 2.45) is 0 Å². The molecule has 1 heterocycles. The molecule has 8 heteroatoms. The van der Waals surface area contributed by atoms with Crippen LogP contribution < -0.4 is 10.6 Å². The summed E-state index contributed by atoms with van der Waals surface area (Å²) in [6.45, 7) is 0. The Morgan fingerprint density at radius 3 is 2.28 bits per heavy atom. The number of anilines is 2. The third-order valence-corrected chi connectivity index (χ3v) is 8.18. The van der Waals surface area contributed by atoms with E-state index < -0.39 is 5.25 Å². The number of carbonyl (C=O) groups is 2. The van der Waals surface area contributed by atoms with Crippen LogP contribution in [-0.2, 0) is 16.0 Å². The Hall–Kier alpha value is -4.85. The molecule has 2 amide bonds. The number of para-hydroxylation sites is 2. The number of nitrogens with zero attached hydrogens (tertiary/aromatic N) is 1. The molecular formula is C35H26ClN3O3S. The van der Waals surface area contributed by atoms with E-state index in [1.54, 1.807) is 12.1 Å². The Morgan fingerprint density at radius 1 is 0.767 bits per heavy atom. The summed E-state index contributed by atoms with van der Waals surface area (Å²) in [6.07, 6.45) is 0.231. The van der Waals surface area contributed by atoms with Gasteiger partial charge >= 0.3 is 0 Å². The largest absolute Gasteiger partial charge is 0.436 e. The number of thioether (sulfide) groups is 1. The lowest BCUT2D eigenvalue weighted by atomic mass is 10.1. The molecule has 0 aliphatic carbocycles. The molecule has 5 aromatic carbocycles. The Morgan fingerprint density at radius 2 is 1.51 bits per heavy atom. The summed E-state index contributed by atoms with van der Waals surface area (Å²) in [5.74, 6) is 0.225. The highest BCUT2D eigenvalue weighted by molar-refractivity contribution is 8.00. The van der Waals surface area contributed by atoms with Gasteiger partial charge in [0.15, 0.2) is 5.58 Å².